The minimum Gasteiger partial charge on any atom is -0.272 e. The lowest BCUT2D eigenvalue weighted by Crippen LogP contribution is -1.95. The smallest absolute Gasteiger partial charge is 0.196 e. The van der Waals surface area contributed by atoms with E-state index in [-0.39, 0.29) is 0 Å². The van der Waals surface area contributed by atoms with E-state index in [0.29, 0.717) is 0 Å². The molecule has 4 rings (SSSR count). The van der Waals surface area contributed by atoms with Crippen LogP contribution >= 0.6 is 11.3 Å². The van der Waals surface area contributed by atoms with Gasteiger partial charge in [-0.15, -0.1) is 0 Å². The highest BCUT2D eigenvalue weighted by atomic mass is 32.1. The normalized spacial score (nSPS) is 11.4. The third-order valence-electron chi connectivity index (χ3n) is 3.20. The zero-order valence-corrected chi connectivity index (χ0v) is 11.2. The molecule has 2 heterocycles. The first-order valence-electron chi connectivity index (χ1n) is 6.13. The Labute approximate surface area is 114 Å². The van der Waals surface area contributed by atoms with Gasteiger partial charge in [0.05, 0.1) is 21.3 Å². The minimum absolute atomic E-state index is 0.972. The van der Waals surface area contributed by atoms with Gasteiger partial charge in [0.25, 0.3) is 0 Å². The molecule has 0 radical (unpaired) electrons. The van der Waals surface area contributed by atoms with E-state index in [2.05, 4.69) is 21.7 Å². The quantitative estimate of drug-likeness (QED) is 0.522. The third-order valence-corrected chi connectivity index (χ3v) is 4.22. The molecule has 2 aromatic heterocycles. The fourth-order valence-electron chi connectivity index (χ4n) is 2.34. The van der Waals surface area contributed by atoms with Crippen LogP contribution in [-0.4, -0.2) is 14.5 Å². The number of fused-ring (bicyclic) bond motifs is 2. The summed E-state index contributed by atoms with van der Waals surface area (Å²) in [6.07, 6.45) is 0. The van der Waals surface area contributed by atoms with Gasteiger partial charge in [0.2, 0.25) is 0 Å². The summed E-state index contributed by atoms with van der Waals surface area (Å²) in [7, 11) is 0. The highest BCUT2D eigenvalue weighted by molar-refractivity contribution is 7.20. The summed E-state index contributed by atoms with van der Waals surface area (Å²) in [6, 6.07) is 16.4. The van der Waals surface area contributed by atoms with Gasteiger partial charge >= 0.3 is 0 Å². The molecule has 3 nitrogen and oxygen atoms in total. The predicted octanol–water partition coefficient (Wildman–Crippen LogP) is 3.94. The van der Waals surface area contributed by atoms with Crippen LogP contribution in [0.4, 0.5) is 0 Å². The fourth-order valence-corrected chi connectivity index (χ4v) is 3.37. The number of thiazole rings is 1. The second kappa shape index (κ2) is 3.90. The average Bonchev–Trinajstić information content (AvgIpc) is 2.97. The van der Waals surface area contributed by atoms with E-state index in [1.807, 2.05) is 43.3 Å². The maximum atomic E-state index is 4.71. The summed E-state index contributed by atoms with van der Waals surface area (Å²) >= 11 is 1.70. The van der Waals surface area contributed by atoms with Crippen LogP contribution in [0.15, 0.2) is 48.5 Å². The van der Waals surface area contributed by atoms with Gasteiger partial charge in [-0.2, -0.15) is 0 Å². The van der Waals surface area contributed by atoms with Crippen LogP contribution in [0.5, 0.6) is 0 Å². The molecule has 0 fully saturated rings. The molecular weight excluding hydrogens is 254 g/mol. The van der Waals surface area contributed by atoms with Crippen LogP contribution in [-0.2, 0) is 0 Å². The Morgan fingerprint density at radius 2 is 1.63 bits per heavy atom. The Kier molecular flexibility index (Phi) is 2.19. The fraction of sp³-hybridized carbons (Fsp3) is 0.0667. The first-order valence-corrected chi connectivity index (χ1v) is 6.94. The van der Waals surface area contributed by atoms with Crippen LogP contribution in [0.1, 0.15) is 5.82 Å². The highest BCUT2D eigenvalue weighted by Crippen LogP contribution is 2.28. The molecule has 0 amide bonds. The summed E-state index contributed by atoms with van der Waals surface area (Å²) in [5.41, 5.74) is 3.16. The molecule has 19 heavy (non-hydrogen) atoms. The molecule has 0 N–H and O–H groups in total. The van der Waals surface area contributed by atoms with Gasteiger partial charge in [0.15, 0.2) is 5.13 Å². The van der Waals surface area contributed by atoms with Crippen molar-refractivity contribution in [2.45, 2.75) is 6.92 Å². The van der Waals surface area contributed by atoms with Crippen molar-refractivity contribution in [2.24, 2.45) is 0 Å². The number of aromatic nitrogens is 3. The first kappa shape index (κ1) is 10.7. The molecule has 0 aliphatic carbocycles. The van der Waals surface area contributed by atoms with E-state index < -0.39 is 0 Å². The summed E-state index contributed by atoms with van der Waals surface area (Å²) in [5.74, 6) is 0.972. The maximum Gasteiger partial charge on any atom is 0.196 e. The van der Waals surface area contributed by atoms with E-state index in [1.54, 1.807) is 11.3 Å². The van der Waals surface area contributed by atoms with Crippen molar-refractivity contribution < 1.29 is 0 Å². The van der Waals surface area contributed by atoms with E-state index >= 15 is 0 Å². The number of rotatable bonds is 1. The van der Waals surface area contributed by atoms with Crippen LogP contribution in [0.3, 0.4) is 0 Å². The van der Waals surface area contributed by atoms with E-state index in [0.717, 1.165) is 27.5 Å². The van der Waals surface area contributed by atoms with E-state index in [4.69, 9.17) is 4.98 Å². The summed E-state index contributed by atoms with van der Waals surface area (Å²) < 4.78 is 3.33. The monoisotopic (exact) mass is 265 g/mol. The molecule has 92 valence electrons. The summed E-state index contributed by atoms with van der Waals surface area (Å²) in [6.45, 7) is 2.02. The first-order chi connectivity index (χ1) is 9.33. The topological polar surface area (TPSA) is 30.7 Å². The Hall–Kier alpha value is -2.20. The minimum atomic E-state index is 0.972. The molecule has 0 aliphatic heterocycles. The van der Waals surface area contributed by atoms with Gasteiger partial charge in [-0.1, -0.05) is 35.6 Å². The molecule has 0 saturated heterocycles. The lowest BCUT2D eigenvalue weighted by Gasteiger charge is -2.00. The van der Waals surface area contributed by atoms with Crippen LogP contribution < -0.4 is 0 Å². The number of nitrogens with zero attached hydrogens (tertiary/aromatic N) is 3. The molecule has 0 bridgehead atoms. The second-order valence-electron chi connectivity index (χ2n) is 4.45. The Morgan fingerprint density at radius 1 is 0.895 bits per heavy atom. The van der Waals surface area contributed by atoms with E-state index in [9.17, 15) is 0 Å². The van der Waals surface area contributed by atoms with Crippen molar-refractivity contribution in [3.05, 3.63) is 54.4 Å². The average molecular weight is 265 g/mol. The van der Waals surface area contributed by atoms with E-state index in [1.165, 1.54) is 4.70 Å². The zero-order chi connectivity index (χ0) is 12.8. The van der Waals surface area contributed by atoms with Gasteiger partial charge in [-0.25, -0.2) is 9.97 Å². The summed E-state index contributed by atoms with van der Waals surface area (Å²) in [4.78, 5) is 9.30. The van der Waals surface area contributed by atoms with Gasteiger partial charge < -0.3 is 0 Å². The van der Waals surface area contributed by atoms with Crippen molar-refractivity contribution in [2.75, 3.05) is 0 Å². The lowest BCUT2D eigenvalue weighted by atomic mass is 10.3. The number of hydrogen-bond donors (Lipinski definition) is 0. The Balaban J connectivity index is 2.06. The molecule has 0 unspecified atom stereocenters. The number of benzene rings is 2. The third kappa shape index (κ3) is 1.57. The zero-order valence-electron chi connectivity index (χ0n) is 10.4. The second-order valence-corrected chi connectivity index (χ2v) is 5.46. The van der Waals surface area contributed by atoms with Gasteiger partial charge in [0.1, 0.15) is 5.82 Å². The Bertz CT molecular complexity index is 856. The lowest BCUT2D eigenvalue weighted by molar-refractivity contribution is 0.990. The number of para-hydroxylation sites is 3. The molecule has 0 atom stereocenters. The molecule has 2 aromatic carbocycles. The molecule has 0 aliphatic rings. The van der Waals surface area contributed by atoms with Crippen molar-refractivity contribution in [3.63, 3.8) is 0 Å². The summed E-state index contributed by atoms with van der Waals surface area (Å²) in [5, 5.41) is 0.979. The Morgan fingerprint density at radius 3 is 2.47 bits per heavy atom. The number of aryl methyl sites for hydroxylation is 1. The van der Waals surface area contributed by atoms with Gasteiger partial charge in [-0.3, -0.25) is 4.57 Å². The SMILES string of the molecule is Cc1nc2ccccc2n1-c1nc2ccccc2s1. The standard InChI is InChI=1S/C15H11N3S/c1-10-16-11-6-2-4-8-13(11)18(10)15-17-12-7-3-5-9-14(12)19-15/h2-9H,1H3. The van der Waals surface area contributed by atoms with Crippen molar-refractivity contribution in [3.8, 4) is 5.13 Å². The van der Waals surface area contributed by atoms with Crippen LogP contribution in [0.25, 0.3) is 26.4 Å². The van der Waals surface area contributed by atoms with Gasteiger partial charge in [0, 0.05) is 0 Å². The molecule has 4 heteroatoms. The number of imidazole rings is 1. The molecule has 0 saturated carbocycles. The van der Waals surface area contributed by atoms with Gasteiger partial charge in [-0.05, 0) is 31.2 Å². The van der Waals surface area contributed by atoms with Crippen molar-refractivity contribution >= 4 is 32.6 Å². The van der Waals surface area contributed by atoms with Crippen LogP contribution in [0.2, 0.25) is 0 Å². The largest absolute Gasteiger partial charge is 0.272 e. The highest BCUT2D eigenvalue weighted by Gasteiger charge is 2.12. The predicted molar refractivity (Wildman–Crippen MR) is 79.0 cm³/mol. The molecular formula is C15H11N3S. The number of hydrogen-bond acceptors (Lipinski definition) is 3. The maximum absolute atomic E-state index is 4.71. The molecule has 0 spiro atoms. The van der Waals surface area contributed by atoms with Crippen LogP contribution in [0, 0.1) is 6.92 Å². The van der Waals surface area contributed by atoms with Crippen molar-refractivity contribution in [1.29, 1.82) is 0 Å². The van der Waals surface area contributed by atoms with Crippen molar-refractivity contribution in [1.82, 2.24) is 14.5 Å². The molecule has 4 aromatic rings.